The Labute approximate surface area is 130 Å². The first-order valence-electron chi connectivity index (χ1n) is 7.25. The number of hydrogen-bond acceptors (Lipinski definition) is 4. The molecule has 112 valence electrons. The van der Waals surface area contributed by atoms with Gasteiger partial charge in [0.05, 0.1) is 14.2 Å². The van der Waals surface area contributed by atoms with E-state index < -0.39 is 0 Å². The van der Waals surface area contributed by atoms with Crippen LogP contribution in [0.5, 0.6) is 11.5 Å². The third-order valence-electron chi connectivity index (χ3n) is 4.14. The van der Waals surface area contributed by atoms with Gasteiger partial charge >= 0.3 is 0 Å². The lowest BCUT2D eigenvalue weighted by atomic mass is 9.97. The number of methoxy groups -OCH3 is 2. The largest absolute Gasteiger partial charge is 0.497 e. The highest BCUT2D eigenvalue weighted by Crippen LogP contribution is 2.36. The molecule has 1 aromatic carbocycles. The number of hydrogen-bond donors (Lipinski definition) is 0. The van der Waals surface area contributed by atoms with Crippen molar-refractivity contribution >= 4 is 11.3 Å². The average molecular weight is 303 g/mol. The summed E-state index contributed by atoms with van der Waals surface area (Å²) < 4.78 is 10.9. The number of nitrogens with zero attached hydrogens (tertiary/aromatic N) is 1. The molecule has 1 aliphatic heterocycles. The summed E-state index contributed by atoms with van der Waals surface area (Å²) in [5.74, 6) is 2.40. The predicted molar refractivity (Wildman–Crippen MR) is 86.5 cm³/mol. The molecule has 1 fully saturated rings. The first-order chi connectivity index (χ1) is 10.3. The second kappa shape index (κ2) is 6.50. The Morgan fingerprint density at radius 1 is 1.24 bits per heavy atom. The maximum Gasteiger partial charge on any atom is 0.122 e. The van der Waals surface area contributed by atoms with E-state index >= 15 is 0 Å². The minimum absolute atomic E-state index is 0.522. The average Bonchev–Trinajstić information content (AvgIpc) is 3.19. The molecular formula is C17H21NO2S. The molecule has 2 aromatic rings. The molecule has 1 atom stereocenters. The second-order valence-corrected chi connectivity index (χ2v) is 6.24. The molecule has 0 N–H and O–H groups in total. The molecule has 2 heterocycles. The van der Waals surface area contributed by atoms with Crippen LogP contribution >= 0.6 is 11.3 Å². The van der Waals surface area contributed by atoms with Gasteiger partial charge in [-0.3, -0.25) is 4.90 Å². The SMILES string of the molecule is COc1ccc(OC)c([C@@H]2CCN(Cc3ccsc3)C2)c1. The van der Waals surface area contributed by atoms with Crippen molar-refractivity contribution in [1.29, 1.82) is 0 Å². The maximum absolute atomic E-state index is 5.53. The molecule has 0 unspecified atom stereocenters. The first kappa shape index (κ1) is 14.4. The molecule has 0 amide bonds. The van der Waals surface area contributed by atoms with Crippen LogP contribution in [0.2, 0.25) is 0 Å². The van der Waals surface area contributed by atoms with Gasteiger partial charge in [0, 0.05) is 24.6 Å². The summed E-state index contributed by atoms with van der Waals surface area (Å²) in [4.78, 5) is 2.52. The van der Waals surface area contributed by atoms with Crippen molar-refractivity contribution in [3.8, 4) is 11.5 Å². The monoisotopic (exact) mass is 303 g/mol. The fourth-order valence-corrected chi connectivity index (χ4v) is 3.69. The van der Waals surface area contributed by atoms with Crippen LogP contribution in [0.3, 0.4) is 0 Å². The second-order valence-electron chi connectivity index (χ2n) is 5.46. The van der Waals surface area contributed by atoms with Crippen molar-refractivity contribution in [3.05, 3.63) is 46.2 Å². The van der Waals surface area contributed by atoms with E-state index in [1.54, 1.807) is 25.6 Å². The summed E-state index contributed by atoms with van der Waals surface area (Å²) >= 11 is 1.77. The number of rotatable bonds is 5. The minimum Gasteiger partial charge on any atom is -0.497 e. The molecule has 0 spiro atoms. The van der Waals surface area contributed by atoms with Gasteiger partial charge in [-0.2, -0.15) is 11.3 Å². The van der Waals surface area contributed by atoms with Gasteiger partial charge in [-0.15, -0.1) is 0 Å². The molecule has 21 heavy (non-hydrogen) atoms. The summed E-state index contributed by atoms with van der Waals surface area (Å²) in [6.07, 6.45) is 1.17. The summed E-state index contributed by atoms with van der Waals surface area (Å²) in [7, 11) is 3.45. The molecule has 0 saturated carbocycles. The summed E-state index contributed by atoms with van der Waals surface area (Å²) in [6.45, 7) is 3.27. The van der Waals surface area contributed by atoms with Gasteiger partial charge < -0.3 is 9.47 Å². The van der Waals surface area contributed by atoms with Crippen molar-refractivity contribution in [2.75, 3.05) is 27.3 Å². The lowest BCUT2D eigenvalue weighted by Crippen LogP contribution is -2.19. The zero-order valence-corrected chi connectivity index (χ0v) is 13.4. The molecule has 3 rings (SSSR count). The van der Waals surface area contributed by atoms with Crippen molar-refractivity contribution in [1.82, 2.24) is 4.90 Å². The highest BCUT2D eigenvalue weighted by atomic mass is 32.1. The topological polar surface area (TPSA) is 21.7 Å². The van der Waals surface area contributed by atoms with Crippen LogP contribution < -0.4 is 9.47 Å². The highest BCUT2D eigenvalue weighted by Gasteiger charge is 2.26. The summed E-state index contributed by atoms with van der Waals surface area (Å²) in [5.41, 5.74) is 2.68. The van der Waals surface area contributed by atoms with E-state index in [4.69, 9.17) is 9.47 Å². The van der Waals surface area contributed by atoms with Gasteiger partial charge in [0.1, 0.15) is 11.5 Å². The molecule has 0 bridgehead atoms. The zero-order valence-electron chi connectivity index (χ0n) is 12.5. The number of benzene rings is 1. The molecule has 3 nitrogen and oxygen atoms in total. The molecule has 0 aliphatic carbocycles. The van der Waals surface area contributed by atoms with Gasteiger partial charge in [0.25, 0.3) is 0 Å². The standard InChI is InChI=1S/C17H21NO2S/c1-19-15-3-4-17(20-2)16(9-15)14-5-7-18(11-14)10-13-6-8-21-12-13/h3-4,6,8-9,12,14H,5,7,10-11H2,1-2H3/t14-/m1/s1. The minimum atomic E-state index is 0.522. The van der Waals surface area contributed by atoms with Gasteiger partial charge in [-0.1, -0.05) is 0 Å². The smallest absolute Gasteiger partial charge is 0.122 e. The Morgan fingerprint density at radius 3 is 2.86 bits per heavy atom. The van der Waals surface area contributed by atoms with Gasteiger partial charge in [0.15, 0.2) is 0 Å². The third kappa shape index (κ3) is 3.22. The lowest BCUT2D eigenvalue weighted by molar-refractivity contribution is 0.325. The third-order valence-corrected chi connectivity index (χ3v) is 4.87. The number of likely N-dealkylation sites (tertiary alicyclic amines) is 1. The van der Waals surface area contributed by atoms with Gasteiger partial charge in [0.2, 0.25) is 0 Å². The summed E-state index contributed by atoms with van der Waals surface area (Å²) in [6, 6.07) is 8.30. The molecular weight excluding hydrogens is 282 g/mol. The van der Waals surface area contributed by atoms with Crippen LogP contribution in [-0.4, -0.2) is 32.2 Å². The van der Waals surface area contributed by atoms with E-state index in [1.807, 2.05) is 12.1 Å². The number of ether oxygens (including phenoxy) is 2. The first-order valence-corrected chi connectivity index (χ1v) is 8.20. The normalized spacial score (nSPS) is 18.9. The van der Waals surface area contributed by atoms with Crippen molar-refractivity contribution in [2.45, 2.75) is 18.9 Å². The zero-order chi connectivity index (χ0) is 14.7. The predicted octanol–water partition coefficient (Wildman–Crippen LogP) is 3.75. The fourth-order valence-electron chi connectivity index (χ4n) is 3.03. The van der Waals surface area contributed by atoms with Crippen LogP contribution in [0.25, 0.3) is 0 Å². The van der Waals surface area contributed by atoms with Crippen LogP contribution in [0.4, 0.5) is 0 Å². The van der Waals surface area contributed by atoms with E-state index in [0.29, 0.717) is 5.92 Å². The van der Waals surface area contributed by atoms with Crippen molar-refractivity contribution in [3.63, 3.8) is 0 Å². The number of thiophene rings is 1. The lowest BCUT2D eigenvalue weighted by Gasteiger charge is -2.18. The van der Waals surface area contributed by atoms with Crippen molar-refractivity contribution < 1.29 is 9.47 Å². The summed E-state index contributed by atoms with van der Waals surface area (Å²) in [5, 5.41) is 4.38. The quantitative estimate of drug-likeness (QED) is 0.839. The molecule has 1 aromatic heterocycles. The van der Waals surface area contributed by atoms with E-state index in [1.165, 1.54) is 17.5 Å². The highest BCUT2D eigenvalue weighted by molar-refractivity contribution is 7.07. The van der Waals surface area contributed by atoms with Gasteiger partial charge in [-0.25, -0.2) is 0 Å². The molecule has 1 saturated heterocycles. The van der Waals surface area contributed by atoms with Crippen LogP contribution in [-0.2, 0) is 6.54 Å². The Balaban J connectivity index is 1.73. The Hall–Kier alpha value is -1.52. The molecule has 0 radical (unpaired) electrons. The van der Waals surface area contributed by atoms with E-state index in [9.17, 15) is 0 Å². The van der Waals surface area contributed by atoms with Gasteiger partial charge in [-0.05, 0) is 53.6 Å². The van der Waals surface area contributed by atoms with Crippen LogP contribution in [0.15, 0.2) is 35.0 Å². The van der Waals surface area contributed by atoms with Crippen molar-refractivity contribution in [2.24, 2.45) is 0 Å². The Bertz CT molecular complexity index is 582. The Kier molecular flexibility index (Phi) is 4.46. The van der Waals surface area contributed by atoms with E-state index in [2.05, 4.69) is 27.8 Å². The van der Waals surface area contributed by atoms with E-state index in [-0.39, 0.29) is 0 Å². The van der Waals surface area contributed by atoms with Crippen LogP contribution in [0.1, 0.15) is 23.5 Å². The van der Waals surface area contributed by atoms with E-state index in [0.717, 1.165) is 31.1 Å². The maximum atomic E-state index is 5.53. The molecule has 4 heteroatoms. The molecule has 1 aliphatic rings. The van der Waals surface area contributed by atoms with Crippen LogP contribution in [0, 0.1) is 0 Å². The Morgan fingerprint density at radius 2 is 2.14 bits per heavy atom. The fraction of sp³-hybridized carbons (Fsp3) is 0.412.